The summed E-state index contributed by atoms with van der Waals surface area (Å²) >= 11 is 1.35. The second-order valence-corrected chi connectivity index (χ2v) is 9.05. The number of amidine groups is 1. The van der Waals surface area contributed by atoms with E-state index in [1.807, 2.05) is 66.4 Å². The van der Waals surface area contributed by atoms with E-state index in [1.54, 1.807) is 4.90 Å². The number of thioether (sulfide) groups is 1. The number of anilines is 1. The van der Waals surface area contributed by atoms with E-state index < -0.39 is 0 Å². The lowest BCUT2D eigenvalue weighted by atomic mass is 9.94. The molecule has 5 rings (SSSR count). The molecule has 2 aromatic carbocycles. The van der Waals surface area contributed by atoms with E-state index in [0.29, 0.717) is 22.2 Å². The summed E-state index contributed by atoms with van der Waals surface area (Å²) in [5, 5.41) is 0.686. The number of rotatable bonds is 3. The Kier molecular flexibility index (Phi) is 5.40. The molecule has 0 radical (unpaired) electrons. The van der Waals surface area contributed by atoms with Crippen molar-refractivity contribution in [2.45, 2.75) is 45.1 Å². The van der Waals surface area contributed by atoms with Gasteiger partial charge in [-0.15, -0.1) is 0 Å². The molecule has 2 amide bonds. The molecule has 3 aliphatic rings. The van der Waals surface area contributed by atoms with Crippen LogP contribution in [0.4, 0.5) is 11.4 Å². The molecule has 31 heavy (non-hydrogen) atoms. The summed E-state index contributed by atoms with van der Waals surface area (Å²) in [7, 11) is 0. The Morgan fingerprint density at radius 3 is 2.39 bits per heavy atom. The maximum Gasteiger partial charge on any atom is 0.267 e. The van der Waals surface area contributed by atoms with E-state index in [9.17, 15) is 9.59 Å². The standard InChI is InChI=1S/C25H25N3O2S/c1-2-27-20-16-10-9-15-19(20)21(23(27)29)22-24(30)28(18-13-7-4-8-14-18)25(31-22)26-17-11-5-3-6-12-17/h3,5-6,9-12,15-16,18H,2,4,7-8,13-14H2,1H3/b22-21+,26-25?. The molecule has 0 N–H and O–H groups in total. The van der Waals surface area contributed by atoms with Crippen molar-refractivity contribution in [3.05, 3.63) is 65.1 Å². The van der Waals surface area contributed by atoms with E-state index in [2.05, 4.69) is 0 Å². The maximum absolute atomic E-state index is 13.7. The third-order valence-corrected chi connectivity index (χ3v) is 7.25. The molecule has 2 fully saturated rings. The van der Waals surface area contributed by atoms with Crippen LogP contribution in [0.1, 0.15) is 44.6 Å². The van der Waals surface area contributed by atoms with E-state index in [1.165, 1.54) is 18.2 Å². The van der Waals surface area contributed by atoms with Gasteiger partial charge in [0.05, 0.1) is 21.9 Å². The SMILES string of the molecule is CCN1C(=O)/C(=C2/SC(=Nc3ccccc3)N(C3CCCCC3)C2=O)c2ccccc21. The molecule has 2 aromatic rings. The molecule has 1 saturated carbocycles. The number of para-hydroxylation sites is 2. The van der Waals surface area contributed by atoms with Crippen molar-refractivity contribution in [2.24, 2.45) is 4.99 Å². The van der Waals surface area contributed by atoms with Crippen molar-refractivity contribution < 1.29 is 9.59 Å². The second kappa shape index (κ2) is 8.35. The smallest absolute Gasteiger partial charge is 0.267 e. The molecule has 1 saturated heterocycles. The van der Waals surface area contributed by atoms with Crippen molar-refractivity contribution >= 4 is 45.7 Å². The summed E-state index contributed by atoms with van der Waals surface area (Å²) in [6.45, 7) is 2.53. The summed E-state index contributed by atoms with van der Waals surface area (Å²) in [6.07, 6.45) is 5.41. The largest absolute Gasteiger partial charge is 0.308 e. The molecule has 2 heterocycles. The van der Waals surface area contributed by atoms with E-state index >= 15 is 0 Å². The van der Waals surface area contributed by atoms with Crippen LogP contribution in [-0.2, 0) is 9.59 Å². The van der Waals surface area contributed by atoms with E-state index in [0.717, 1.165) is 42.6 Å². The summed E-state index contributed by atoms with van der Waals surface area (Å²) in [5.74, 6) is -0.174. The van der Waals surface area contributed by atoms with Crippen LogP contribution in [0, 0.1) is 0 Å². The van der Waals surface area contributed by atoms with Gasteiger partial charge in [-0.3, -0.25) is 14.5 Å². The fourth-order valence-corrected chi connectivity index (χ4v) is 5.85. The minimum atomic E-state index is -0.0934. The van der Waals surface area contributed by atoms with Crippen molar-refractivity contribution in [3.63, 3.8) is 0 Å². The first-order valence-electron chi connectivity index (χ1n) is 11.0. The van der Waals surface area contributed by atoms with Gasteiger partial charge in [0, 0.05) is 18.2 Å². The number of hydrogen-bond donors (Lipinski definition) is 0. The minimum absolute atomic E-state index is 0.0808. The van der Waals surface area contributed by atoms with Crippen LogP contribution < -0.4 is 4.90 Å². The Bertz CT molecular complexity index is 1090. The molecule has 0 atom stereocenters. The molecule has 0 bridgehead atoms. The molecule has 5 nitrogen and oxygen atoms in total. The molecular formula is C25H25N3O2S. The predicted octanol–water partition coefficient (Wildman–Crippen LogP) is 5.36. The second-order valence-electron chi connectivity index (χ2n) is 8.07. The topological polar surface area (TPSA) is 53.0 Å². The van der Waals surface area contributed by atoms with Crippen LogP contribution in [0.25, 0.3) is 5.57 Å². The van der Waals surface area contributed by atoms with Gasteiger partial charge in [0.15, 0.2) is 5.17 Å². The molecule has 0 aromatic heterocycles. The fraction of sp³-hybridized carbons (Fsp3) is 0.320. The molecule has 1 aliphatic carbocycles. The summed E-state index contributed by atoms with van der Waals surface area (Å²) in [5.41, 5.74) is 3.06. The van der Waals surface area contributed by atoms with Crippen LogP contribution in [-0.4, -0.2) is 34.5 Å². The van der Waals surface area contributed by atoms with Crippen LogP contribution in [0.2, 0.25) is 0 Å². The van der Waals surface area contributed by atoms with Crippen LogP contribution in [0.15, 0.2) is 64.5 Å². The van der Waals surface area contributed by atoms with Crippen molar-refractivity contribution in [3.8, 4) is 0 Å². The van der Waals surface area contributed by atoms with Gasteiger partial charge in [-0.05, 0) is 49.7 Å². The summed E-state index contributed by atoms with van der Waals surface area (Å²) in [6, 6.07) is 17.6. The summed E-state index contributed by atoms with van der Waals surface area (Å²) < 4.78 is 0. The number of amides is 2. The number of aliphatic imine (C=N–C) groups is 1. The Balaban J connectivity index is 1.63. The predicted molar refractivity (Wildman–Crippen MR) is 126 cm³/mol. The Morgan fingerprint density at radius 1 is 0.935 bits per heavy atom. The summed E-state index contributed by atoms with van der Waals surface area (Å²) in [4.78, 5) is 36.0. The molecule has 0 unspecified atom stereocenters. The quantitative estimate of drug-likeness (QED) is 0.615. The first-order valence-corrected chi connectivity index (χ1v) is 11.8. The van der Waals surface area contributed by atoms with Gasteiger partial charge in [-0.2, -0.15) is 0 Å². The molecule has 2 aliphatic heterocycles. The maximum atomic E-state index is 13.7. The van der Waals surface area contributed by atoms with Gasteiger partial charge in [-0.25, -0.2) is 4.99 Å². The number of carbonyl (C=O) groups is 2. The first-order chi connectivity index (χ1) is 15.2. The zero-order valence-corrected chi connectivity index (χ0v) is 18.4. The highest BCUT2D eigenvalue weighted by molar-refractivity contribution is 8.18. The normalized spacial score (nSPS) is 23.2. The van der Waals surface area contributed by atoms with E-state index in [-0.39, 0.29) is 17.9 Å². The van der Waals surface area contributed by atoms with Gasteiger partial charge < -0.3 is 4.90 Å². The van der Waals surface area contributed by atoms with Crippen LogP contribution >= 0.6 is 11.8 Å². The fourth-order valence-electron chi connectivity index (χ4n) is 4.70. The number of likely N-dealkylation sites (N-methyl/N-ethyl adjacent to an activating group) is 1. The number of carbonyl (C=O) groups excluding carboxylic acids is 2. The monoisotopic (exact) mass is 431 g/mol. The number of benzene rings is 2. The van der Waals surface area contributed by atoms with Crippen LogP contribution in [0.3, 0.4) is 0 Å². The number of hydrogen-bond acceptors (Lipinski definition) is 4. The van der Waals surface area contributed by atoms with Gasteiger partial charge in [0.1, 0.15) is 0 Å². The van der Waals surface area contributed by atoms with Gasteiger partial charge >= 0.3 is 0 Å². The lowest BCUT2D eigenvalue weighted by molar-refractivity contribution is -0.124. The molecule has 158 valence electrons. The third kappa shape index (κ3) is 3.49. The third-order valence-electron chi connectivity index (χ3n) is 6.20. The lowest BCUT2D eigenvalue weighted by Gasteiger charge is -2.30. The highest BCUT2D eigenvalue weighted by Crippen LogP contribution is 2.46. The Hall–Kier alpha value is -2.86. The lowest BCUT2D eigenvalue weighted by Crippen LogP contribution is -2.40. The Morgan fingerprint density at radius 2 is 1.65 bits per heavy atom. The highest BCUT2D eigenvalue weighted by atomic mass is 32.2. The first kappa shape index (κ1) is 20.1. The van der Waals surface area contributed by atoms with Gasteiger partial charge in [-0.1, -0.05) is 55.7 Å². The van der Waals surface area contributed by atoms with Crippen LogP contribution in [0.5, 0.6) is 0 Å². The molecule has 0 spiro atoms. The molecule has 6 heteroatoms. The molecular weight excluding hydrogens is 406 g/mol. The highest BCUT2D eigenvalue weighted by Gasteiger charge is 2.44. The van der Waals surface area contributed by atoms with E-state index in [4.69, 9.17) is 4.99 Å². The average Bonchev–Trinajstić information content (AvgIpc) is 3.27. The minimum Gasteiger partial charge on any atom is -0.308 e. The number of fused-ring (bicyclic) bond motifs is 1. The van der Waals surface area contributed by atoms with Crippen molar-refractivity contribution in [1.82, 2.24) is 4.90 Å². The van der Waals surface area contributed by atoms with Gasteiger partial charge in [0.25, 0.3) is 11.8 Å². The van der Waals surface area contributed by atoms with Gasteiger partial charge in [0.2, 0.25) is 0 Å². The number of nitrogens with zero attached hydrogens (tertiary/aromatic N) is 3. The Labute approximate surface area is 186 Å². The zero-order valence-electron chi connectivity index (χ0n) is 17.6. The van der Waals surface area contributed by atoms with Crippen molar-refractivity contribution in [2.75, 3.05) is 11.4 Å². The van der Waals surface area contributed by atoms with Crippen molar-refractivity contribution in [1.29, 1.82) is 0 Å². The average molecular weight is 432 g/mol. The zero-order chi connectivity index (χ0) is 21.4.